The SMILES string of the molecule is Nc1cc(OC(=O)Cc2ccccc2)c2ccccc2c1NC(=O)Cc1ccccc1. The van der Waals surface area contributed by atoms with Gasteiger partial charge in [0.1, 0.15) is 5.75 Å². The highest BCUT2D eigenvalue weighted by molar-refractivity contribution is 6.09. The number of nitrogens with one attached hydrogen (secondary N) is 1. The van der Waals surface area contributed by atoms with Gasteiger partial charge in [0.2, 0.25) is 5.91 Å². The summed E-state index contributed by atoms with van der Waals surface area (Å²) in [5.74, 6) is -0.177. The number of fused-ring (bicyclic) bond motifs is 1. The van der Waals surface area contributed by atoms with Crippen molar-refractivity contribution >= 4 is 34.0 Å². The van der Waals surface area contributed by atoms with E-state index in [4.69, 9.17) is 10.5 Å². The van der Waals surface area contributed by atoms with E-state index >= 15 is 0 Å². The lowest BCUT2D eigenvalue weighted by atomic mass is 10.1. The Hall–Kier alpha value is -4.12. The molecule has 0 radical (unpaired) electrons. The monoisotopic (exact) mass is 410 g/mol. The van der Waals surface area contributed by atoms with Crippen LogP contribution in [0, 0.1) is 0 Å². The standard InChI is InChI=1S/C26H22N2O3/c27-22-17-23(31-25(30)16-19-11-5-2-6-12-19)20-13-7-8-14-21(20)26(22)28-24(29)15-18-9-3-1-4-10-18/h1-14,17H,15-16,27H2,(H,28,29). The van der Waals surface area contributed by atoms with Crippen molar-refractivity contribution in [3.05, 3.63) is 102 Å². The van der Waals surface area contributed by atoms with E-state index < -0.39 is 0 Å². The minimum absolute atomic E-state index is 0.157. The van der Waals surface area contributed by atoms with Crippen LogP contribution in [0.3, 0.4) is 0 Å². The molecule has 0 heterocycles. The second kappa shape index (κ2) is 9.13. The first-order chi connectivity index (χ1) is 15.1. The fourth-order valence-corrected chi connectivity index (χ4v) is 3.47. The maximum absolute atomic E-state index is 12.6. The van der Waals surface area contributed by atoms with E-state index in [1.54, 1.807) is 6.07 Å². The van der Waals surface area contributed by atoms with Crippen LogP contribution in [-0.4, -0.2) is 11.9 Å². The van der Waals surface area contributed by atoms with Crippen LogP contribution in [0.25, 0.3) is 10.8 Å². The number of nitrogen functional groups attached to an aromatic ring is 1. The van der Waals surface area contributed by atoms with Crippen LogP contribution >= 0.6 is 0 Å². The molecule has 5 heteroatoms. The second-order valence-corrected chi connectivity index (χ2v) is 7.23. The maximum atomic E-state index is 12.6. The van der Waals surface area contributed by atoms with E-state index in [0.29, 0.717) is 27.9 Å². The van der Waals surface area contributed by atoms with Crippen LogP contribution in [0.15, 0.2) is 91.0 Å². The number of hydrogen-bond acceptors (Lipinski definition) is 4. The Morgan fingerprint density at radius 1 is 0.742 bits per heavy atom. The summed E-state index contributed by atoms with van der Waals surface area (Å²) < 4.78 is 5.64. The molecule has 0 aliphatic rings. The zero-order chi connectivity index (χ0) is 21.6. The first kappa shape index (κ1) is 20.2. The fourth-order valence-electron chi connectivity index (χ4n) is 3.47. The van der Waals surface area contributed by atoms with Gasteiger partial charge in [0.15, 0.2) is 0 Å². The summed E-state index contributed by atoms with van der Waals surface area (Å²) in [5, 5.41) is 4.33. The zero-order valence-corrected chi connectivity index (χ0v) is 16.9. The van der Waals surface area contributed by atoms with Gasteiger partial charge in [-0.25, -0.2) is 0 Å². The molecular weight excluding hydrogens is 388 g/mol. The average molecular weight is 410 g/mol. The predicted molar refractivity (Wildman–Crippen MR) is 123 cm³/mol. The molecule has 4 aromatic carbocycles. The second-order valence-electron chi connectivity index (χ2n) is 7.23. The van der Waals surface area contributed by atoms with Gasteiger partial charge in [-0.2, -0.15) is 0 Å². The van der Waals surface area contributed by atoms with Gasteiger partial charge in [-0.1, -0.05) is 84.9 Å². The Morgan fingerprint density at radius 2 is 1.29 bits per heavy atom. The third-order valence-electron chi connectivity index (χ3n) is 4.92. The van der Waals surface area contributed by atoms with E-state index in [9.17, 15) is 9.59 Å². The highest BCUT2D eigenvalue weighted by atomic mass is 16.5. The topological polar surface area (TPSA) is 81.4 Å². The Bertz CT molecular complexity index is 1220. The Morgan fingerprint density at radius 3 is 1.94 bits per heavy atom. The largest absolute Gasteiger partial charge is 0.426 e. The minimum Gasteiger partial charge on any atom is -0.426 e. The molecule has 1 amide bonds. The Labute approximate surface area is 180 Å². The number of carbonyl (C=O) groups is 2. The van der Waals surface area contributed by atoms with Crippen molar-refractivity contribution in [1.29, 1.82) is 0 Å². The molecule has 5 nitrogen and oxygen atoms in total. The number of carbonyl (C=O) groups excluding carboxylic acids is 2. The summed E-state index contributed by atoms with van der Waals surface area (Å²) in [6.45, 7) is 0. The van der Waals surface area contributed by atoms with Crippen LogP contribution in [0.2, 0.25) is 0 Å². The molecule has 31 heavy (non-hydrogen) atoms. The molecule has 0 saturated heterocycles. The molecule has 0 fully saturated rings. The lowest BCUT2D eigenvalue weighted by Crippen LogP contribution is -2.16. The van der Waals surface area contributed by atoms with E-state index in [1.807, 2.05) is 84.9 Å². The lowest BCUT2D eigenvalue weighted by molar-refractivity contribution is -0.133. The molecule has 0 spiro atoms. The summed E-state index contributed by atoms with van der Waals surface area (Å²) in [5.41, 5.74) is 8.88. The maximum Gasteiger partial charge on any atom is 0.315 e. The Balaban J connectivity index is 1.58. The normalized spacial score (nSPS) is 10.6. The molecule has 3 N–H and O–H groups in total. The number of benzene rings is 4. The van der Waals surface area contributed by atoms with Crippen LogP contribution in [-0.2, 0) is 22.4 Å². The molecule has 0 unspecified atom stereocenters. The van der Waals surface area contributed by atoms with Gasteiger partial charge in [-0.3, -0.25) is 9.59 Å². The molecule has 0 aromatic heterocycles. The summed E-state index contributed by atoms with van der Waals surface area (Å²) >= 11 is 0. The van der Waals surface area contributed by atoms with Crippen molar-refractivity contribution < 1.29 is 14.3 Å². The van der Waals surface area contributed by atoms with Gasteiger partial charge >= 0.3 is 5.97 Å². The fraction of sp³-hybridized carbons (Fsp3) is 0.0769. The van der Waals surface area contributed by atoms with Crippen molar-refractivity contribution in [3.63, 3.8) is 0 Å². The predicted octanol–water partition coefficient (Wildman–Crippen LogP) is 4.75. The number of rotatable bonds is 6. The highest BCUT2D eigenvalue weighted by Gasteiger charge is 2.16. The number of hydrogen-bond donors (Lipinski definition) is 2. The van der Waals surface area contributed by atoms with Crippen LogP contribution < -0.4 is 15.8 Å². The summed E-state index contributed by atoms with van der Waals surface area (Å²) in [7, 11) is 0. The van der Waals surface area contributed by atoms with E-state index in [1.165, 1.54) is 0 Å². The van der Waals surface area contributed by atoms with E-state index in [-0.39, 0.29) is 24.7 Å². The smallest absolute Gasteiger partial charge is 0.315 e. The van der Waals surface area contributed by atoms with Crippen molar-refractivity contribution in [3.8, 4) is 5.75 Å². The summed E-state index contributed by atoms with van der Waals surface area (Å²) in [6.07, 6.45) is 0.396. The first-order valence-corrected chi connectivity index (χ1v) is 10.00. The van der Waals surface area contributed by atoms with Gasteiger partial charge in [0.25, 0.3) is 0 Å². The van der Waals surface area contributed by atoms with Gasteiger partial charge in [-0.05, 0) is 11.1 Å². The third-order valence-corrected chi connectivity index (χ3v) is 4.92. The van der Waals surface area contributed by atoms with Crippen molar-refractivity contribution in [2.75, 3.05) is 11.1 Å². The van der Waals surface area contributed by atoms with E-state index in [2.05, 4.69) is 5.32 Å². The highest BCUT2D eigenvalue weighted by Crippen LogP contribution is 2.37. The van der Waals surface area contributed by atoms with Crippen LogP contribution in [0.4, 0.5) is 11.4 Å². The van der Waals surface area contributed by atoms with Crippen LogP contribution in [0.5, 0.6) is 5.75 Å². The molecule has 0 aliphatic carbocycles. The molecule has 0 atom stereocenters. The quantitative estimate of drug-likeness (QED) is 0.273. The number of esters is 1. The minimum atomic E-state index is -0.378. The van der Waals surface area contributed by atoms with Gasteiger partial charge < -0.3 is 15.8 Å². The van der Waals surface area contributed by atoms with Crippen molar-refractivity contribution in [1.82, 2.24) is 0 Å². The molecule has 0 saturated carbocycles. The summed E-state index contributed by atoms with van der Waals surface area (Å²) in [4.78, 5) is 25.1. The number of ether oxygens (including phenoxy) is 1. The lowest BCUT2D eigenvalue weighted by Gasteiger charge is -2.15. The average Bonchev–Trinajstić information content (AvgIpc) is 2.78. The van der Waals surface area contributed by atoms with Crippen molar-refractivity contribution in [2.45, 2.75) is 12.8 Å². The number of nitrogens with two attached hydrogens (primary N) is 1. The molecule has 4 rings (SSSR count). The molecular formula is C26H22N2O3. The summed E-state index contributed by atoms with van der Waals surface area (Å²) in [6, 6.07) is 27.9. The Kier molecular flexibility index (Phi) is 5.94. The number of anilines is 2. The molecule has 154 valence electrons. The van der Waals surface area contributed by atoms with Crippen molar-refractivity contribution in [2.24, 2.45) is 0 Å². The first-order valence-electron chi connectivity index (χ1n) is 10.00. The van der Waals surface area contributed by atoms with Gasteiger partial charge in [0, 0.05) is 16.8 Å². The van der Waals surface area contributed by atoms with Gasteiger partial charge in [-0.15, -0.1) is 0 Å². The molecule has 0 bridgehead atoms. The molecule has 4 aromatic rings. The van der Waals surface area contributed by atoms with Crippen LogP contribution in [0.1, 0.15) is 11.1 Å². The van der Waals surface area contributed by atoms with Gasteiger partial charge in [0.05, 0.1) is 24.2 Å². The van der Waals surface area contributed by atoms with E-state index in [0.717, 1.165) is 11.1 Å². The number of amides is 1. The molecule has 0 aliphatic heterocycles. The zero-order valence-electron chi connectivity index (χ0n) is 16.9. The third kappa shape index (κ3) is 4.90.